The van der Waals surface area contributed by atoms with Gasteiger partial charge in [-0.2, -0.15) is 21.6 Å². The van der Waals surface area contributed by atoms with Crippen LogP contribution in [0.4, 0.5) is 35.4 Å². The Bertz CT molecular complexity index is 1220. The Hall–Kier alpha value is -2.81. The van der Waals surface area contributed by atoms with Crippen molar-refractivity contribution in [3.8, 4) is 0 Å². The molecule has 0 bridgehead atoms. The number of nitrogens with one attached hydrogen (secondary N) is 1. The van der Waals surface area contributed by atoms with Gasteiger partial charge in [0, 0.05) is 18.3 Å². The molecule has 2 aromatic rings. The van der Waals surface area contributed by atoms with Crippen molar-refractivity contribution in [2.75, 3.05) is 22.8 Å². The number of aromatic nitrogens is 2. The molecule has 1 aliphatic rings. The highest BCUT2D eigenvalue weighted by Gasteiger charge is 2.46. The van der Waals surface area contributed by atoms with E-state index in [0.29, 0.717) is 18.7 Å². The zero-order valence-corrected chi connectivity index (χ0v) is 21.6. The first-order chi connectivity index (χ1) is 17.0. The quantitative estimate of drug-likeness (QED) is 0.228. The fraction of sp³-hybridized carbons (Fsp3) is 0.571. The second-order valence-corrected chi connectivity index (χ2v) is 10.8. The highest BCUT2D eigenvalue weighted by Crippen LogP contribution is 2.41. The molecule has 198 valence electrons. The van der Waals surface area contributed by atoms with Crippen LogP contribution in [0.1, 0.15) is 61.8 Å². The van der Waals surface area contributed by atoms with E-state index in [9.17, 15) is 26.4 Å². The predicted octanol–water partition coefficient (Wildman–Crippen LogP) is 5.72. The van der Waals surface area contributed by atoms with Gasteiger partial charge in [0.25, 0.3) is 5.13 Å². The molecule has 0 saturated carbocycles. The van der Waals surface area contributed by atoms with Crippen LogP contribution in [0.25, 0.3) is 0 Å². The number of hydrogen-bond donors (Lipinski definition) is 1. The minimum atomic E-state index is -5.70. The van der Waals surface area contributed by atoms with E-state index < -0.39 is 21.5 Å². The molecule has 1 N–H and O–H groups in total. The molecule has 1 atom stereocenters. The number of benzene rings is 1. The smallest absolute Gasteiger partial charge is 0.461 e. The summed E-state index contributed by atoms with van der Waals surface area (Å²) in [6, 6.07) is 3.04. The van der Waals surface area contributed by atoms with Crippen molar-refractivity contribution in [1.29, 1.82) is 0 Å². The lowest BCUT2D eigenvalue weighted by molar-refractivity contribution is -0.0429. The molecule has 0 radical (unpaired) electrons. The predicted molar refractivity (Wildman–Crippen MR) is 130 cm³/mol. The van der Waals surface area contributed by atoms with Crippen LogP contribution < -0.4 is 9.62 Å². The van der Waals surface area contributed by atoms with Crippen LogP contribution in [0, 0.1) is 0 Å². The van der Waals surface area contributed by atoms with Crippen LogP contribution in [0.5, 0.6) is 0 Å². The standard InChI is InChI=1S/C21H27F3N6O4S2/c1-4-6-7-10-30-13(3)8-9-14-11-15(16(12-17(14)30)29-36(32,33)21(22,23)24)25-27-20-28-26-18(35-20)19(31)34-5-2/h11-13,29H,4-10H2,1-3H3. The second kappa shape index (κ2) is 11.5. The van der Waals surface area contributed by atoms with Crippen molar-refractivity contribution in [1.82, 2.24) is 10.2 Å². The number of carbonyl (C=O) groups is 1. The average molecular weight is 549 g/mol. The lowest BCUT2D eigenvalue weighted by Gasteiger charge is -2.37. The van der Waals surface area contributed by atoms with E-state index in [4.69, 9.17) is 4.74 Å². The summed E-state index contributed by atoms with van der Waals surface area (Å²) in [5.74, 6) is -0.693. The molecule has 15 heteroatoms. The SMILES string of the molecule is CCCCCN1c2cc(NS(=O)(=O)C(F)(F)F)c(N=Nc3nnc(C(=O)OCC)s3)cc2CCC1C. The van der Waals surface area contributed by atoms with Crippen LogP contribution in [0.2, 0.25) is 0 Å². The van der Waals surface area contributed by atoms with Crippen LogP contribution >= 0.6 is 11.3 Å². The fourth-order valence-corrected chi connectivity index (χ4v) is 4.84. The second-order valence-electron chi connectivity index (χ2n) is 8.15. The number of halogens is 3. The van der Waals surface area contributed by atoms with Gasteiger partial charge in [-0.15, -0.1) is 20.4 Å². The lowest BCUT2D eigenvalue weighted by Crippen LogP contribution is -2.38. The van der Waals surface area contributed by atoms with Gasteiger partial charge in [-0.3, -0.25) is 4.72 Å². The van der Waals surface area contributed by atoms with Crippen molar-refractivity contribution in [3.05, 3.63) is 22.7 Å². The molecule has 0 aliphatic carbocycles. The molecule has 36 heavy (non-hydrogen) atoms. The zero-order valence-electron chi connectivity index (χ0n) is 20.0. The van der Waals surface area contributed by atoms with Gasteiger partial charge in [0.15, 0.2) is 0 Å². The number of unbranched alkanes of at least 4 members (excludes halogenated alkanes) is 2. The van der Waals surface area contributed by atoms with E-state index in [-0.39, 0.29) is 34.2 Å². The summed E-state index contributed by atoms with van der Waals surface area (Å²) in [5.41, 5.74) is -4.52. The monoisotopic (exact) mass is 548 g/mol. The Morgan fingerprint density at radius 3 is 2.67 bits per heavy atom. The van der Waals surface area contributed by atoms with Crippen LogP contribution in [-0.2, 0) is 21.2 Å². The summed E-state index contributed by atoms with van der Waals surface area (Å²) in [5, 5.41) is 15.1. The van der Waals surface area contributed by atoms with Crippen molar-refractivity contribution < 1.29 is 31.1 Å². The molecule has 1 unspecified atom stereocenters. The first-order valence-corrected chi connectivity index (χ1v) is 13.7. The maximum Gasteiger partial charge on any atom is 0.516 e. The Morgan fingerprint density at radius 1 is 1.25 bits per heavy atom. The van der Waals surface area contributed by atoms with Gasteiger partial charge in [-0.05, 0) is 50.8 Å². The molecule has 0 spiro atoms. The molecular formula is C21H27F3N6O4S2. The van der Waals surface area contributed by atoms with E-state index in [2.05, 4.69) is 32.2 Å². The highest BCUT2D eigenvalue weighted by molar-refractivity contribution is 7.93. The van der Waals surface area contributed by atoms with E-state index in [1.54, 1.807) is 11.6 Å². The molecule has 1 aromatic heterocycles. The number of hydrogen-bond acceptors (Lipinski definition) is 10. The molecule has 0 fully saturated rings. The van der Waals surface area contributed by atoms with Crippen molar-refractivity contribution in [2.45, 2.75) is 64.4 Å². The molecule has 1 aromatic carbocycles. The summed E-state index contributed by atoms with van der Waals surface area (Å²) >= 11 is 0.780. The topological polar surface area (TPSA) is 126 Å². The minimum Gasteiger partial charge on any atom is -0.461 e. The summed E-state index contributed by atoms with van der Waals surface area (Å²) in [7, 11) is -5.70. The fourth-order valence-electron chi connectivity index (χ4n) is 3.71. The van der Waals surface area contributed by atoms with Gasteiger partial charge in [0.1, 0.15) is 5.69 Å². The third-order valence-corrected chi connectivity index (χ3v) is 7.41. The Morgan fingerprint density at radius 2 is 2.00 bits per heavy atom. The number of alkyl halides is 3. The molecular weight excluding hydrogens is 521 g/mol. The molecule has 1 aliphatic heterocycles. The Balaban J connectivity index is 2.01. The van der Waals surface area contributed by atoms with Crippen LogP contribution in [0.3, 0.4) is 0 Å². The number of fused-ring (bicyclic) bond motifs is 1. The number of ether oxygens (including phenoxy) is 1. The number of aryl methyl sites for hydroxylation is 1. The third-order valence-electron chi connectivity index (χ3n) is 5.53. The normalized spacial score (nSPS) is 16.3. The average Bonchev–Trinajstić information content (AvgIpc) is 3.28. The highest BCUT2D eigenvalue weighted by atomic mass is 32.2. The van der Waals surface area contributed by atoms with Gasteiger partial charge in [-0.25, -0.2) is 4.79 Å². The molecule has 0 saturated heterocycles. The Labute approximate surface area is 211 Å². The lowest BCUT2D eigenvalue weighted by atomic mass is 9.95. The first-order valence-electron chi connectivity index (χ1n) is 11.4. The van der Waals surface area contributed by atoms with Crippen LogP contribution in [-0.4, -0.2) is 49.3 Å². The number of carbonyl (C=O) groups excluding carboxylic acids is 1. The van der Waals surface area contributed by atoms with Gasteiger partial charge in [0.05, 0.1) is 12.3 Å². The van der Waals surface area contributed by atoms with E-state index in [1.165, 1.54) is 12.1 Å². The summed E-state index contributed by atoms with van der Waals surface area (Å²) in [6.45, 7) is 6.56. The number of sulfonamides is 1. The number of anilines is 2. The largest absolute Gasteiger partial charge is 0.516 e. The van der Waals surface area contributed by atoms with Crippen molar-refractivity contribution in [2.24, 2.45) is 10.2 Å². The first kappa shape index (κ1) is 27.8. The van der Waals surface area contributed by atoms with Gasteiger partial charge in [-0.1, -0.05) is 31.1 Å². The van der Waals surface area contributed by atoms with Crippen molar-refractivity contribution in [3.63, 3.8) is 0 Å². The molecule has 10 nitrogen and oxygen atoms in total. The number of esters is 1. The van der Waals surface area contributed by atoms with Gasteiger partial charge in [0.2, 0.25) is 5.01 Å². The van der Waals surface area contributed by atoms with E-state index >= 15 is 0 Å². The number of nitrogens with zero attached hydrogens (tertiary/aromatic N) is 5. The maximum atomic E-state index is 13.2. The van der Waals surface area contributed by atoms with E-state index in [0.717, 1.165) is 42.6 Å². The molecule has 3 rings (SSSR count). The van der Waals surface area contributed by atoms with Crippen molar-refractivity contribution >= 4 is 49.5 Å². The Kier molecular flexibility index (Phi) is 8.87. The molecule has 2 heterocycles. The van der Waals surface area contributed by atoms with Crippen LogP contribution in [0.15, 0.2) is 22.4 Å². The molecule has 0 amide bonds. The van der Waals surface area contributed by atoms with Gasteiger partial charge >= 0.3 is 21.5 Å². The van der Waals surface area contributed by atoms with Gasteiger partial charge < -0.3 is 9.64 Å². The summed E-state index contributed by atoms with van der Waals surface area (Å²) in [6.07, 6.45) is 4.36. The zero-order chi connectivity index (χ0) is 26.5. The number of azo groups is 1. The summed E-state index contributed by atoms with van der Waals surface area (Å²) in [4.78, 5) is 13.9. The summed E-state index contributed by atoms with van der Waals surface area (Å²) < 4.78 is 69.7. The number of rotatable bonds is 10. The van der Waals surface area contributed by atoms with E-state index in [1.807, 2.05) is 6.92 Å². The maximum absolute atomic E-state index is 13.2. The third kappa shape index (κ3) is 6.49. The minimum absolute atomic E-state index is 0.0461.